The molecule has 132 valence electrons. The summed E-state index contributed by atoms with van der Waals surface area (Å²) >= 11 is 0. The summed E-state index contributed by atoms with van der Waals surface area (Å²) in [6, 6.07) is 26.2. The predicted octanol–water partition coefficient (Wildman–Crippen LogP) is 6.16. The van der Waals surface area contributed by atoms with Gasteiger partial charge >= 0.3 is 0 Å². The Bertz CT molecular complexity index is 818. The molecule has 0 radical (unpaired) electrons. The Balaban J connectivity index is 1.67. The molecule has 4 rings (SSSR count). The number of rotatable bonds is 6. The standard InChI is InChI=1S/C24H24FN/c1-18-14-22(18)21-12-13-23(25)24(15-21)26(16-19-8-4-2-5-9-19)17-20-10-6-3-7-11-20/h2-13,15,18,22H,14,16-17H2,1H3. The van der Waals surface area contributed by atoms with Gasteiger partial charge in [-0.2, -0.15) is 0 Å². The van der Waals surface area contributed by atoms with E-state index in [0.717, 1.165) is 0 Å². The molecule has 0 aliphatic heterocycles. The molecule has 0 N–H and O–H groups in total. The molecule has 0 amide bonds. The van der Waals surface area contributed by atoms with Crippen LogP contribution >= 0.6 is 0 Å². The molecule has 1 nitrogen and oxygen atoms in total. The summed E-state index contributed by atoms with van der Waals surface area (Å²) in [5.41, 5.74) is 4.34. The van der Waals surface area contributed by atoms with E-state index in [2.05, 4.69) is 42.2 Å². The van der Waals surface area contributed by atoms with Crippen LogP contribution in [0.4, 0.5) is 10.1 Å². The molecule has 3 aromatic rings. The number of hydrogen-bond acceptors (Lipinski definition) is 1. The molecule has 1 aliphatic rings. The highest BCUT2D eigenvalue weighted by Gasteiger charge is 2.34. The molecule has 0 aromatic heterocycles. The van der Waals surface area contributed by atoms with E-state index in [4.69, 9.17) is 0 Å². The first kappa shape index (κ1) is 16.8. The highest BCUT2D eigenvalue weighted by molar-refractivity contribution is 5.52. The predicted molar refractivity (Wildman–Crippen MR) is 106 cm³/mol. The summed E-state index contributed by atoms with van der Waals surface area (Å²) in [5.74, 6) is 1.16. The molecule has 1 aliphatic carbocycles. The Labute approximate surface area is 155 Å². The Hall–Kier alpha value is -2.61. The quantitative estimate of drug-likeness (QED) is 0.517. The van der Waals surface area contributed by atoms with Crippen LogP contribution in [0.2, 0.25) is 0 Å². The molecule has 2 atom stereocenters. The second-order valence-electron chi connectivity index (χ2n) is 7.36. The van der Waals surface area contributed by atoms with Crippen LogP contribution in [0.3, 0.4) is 0 Å². The highest BCUT2D eigenvalue weighted by Crippen LogP contribution is 2.47. The summed E-state index contributed by atoms with van der Waals surface area (Å²) < 4.78 is 14.8. The number of halogens is 1. The molecule has 3 aromatic carbocycles. The summed E-state index contributed by atoms with van der Waals surface area (Å²) in [7, 11) is 0. The monoisotopic (exact) mass is 345 g/mol. The smallest absolute Gasteiger partial charge is 0.146 e. The number of benzene rings is 3. The van der Waals surface area contributed by atoms with Crippen LogP contribution < -0.4 is 4.90 Å². The van der Waals surface area contributed by atoms with Crippen molar-refractivity contribution in [2.45, 2.75) is 32.4 Å². The minimum Gasteiger partial charge on any atom is -0.361 e. The van der Waals surface area contributed by atoms with Gasteiger partial charge in [0.15, 0.2) is 0 Å². The third-order valence-electron chi connectivity index (χ3n) is 5.28. The van der Waals surface area contributed by atoms with Gasteiger partial charge in [-0.25, -0.2) is 4.39 Å². The summed E-state index contributed by atoms with van der Waals surface area (Å²) in [4.78, 5) is 2.15. The largest absolute Gasteiger partial charge is 0.361 e. The molecular weight excluding hydrogens is 321 g/mol. The zero-order chi connectivity index (χ0) is 17.9. The second-order valence-corrected chi connectivity index (χ2v) is 7.36. The summed E-state index contributed by atoms with van der Waals surface area (Å²) in [5, 5.41) is 0. The van der Waals surface area contributed by atoms with Crippen LogP contribution in [0, 0.1) is 11.7 Å². The van der Waals surface area contributed by atoms with Crippen molar-refractivity contribution < 1.29 is 4.39 Å². The summed E-state index contributed by atoms with van der Waals surface area (Å²) in [6.45, 7) is 3.64. The van der Waals surface area contributed by atoms with Crippen molar-refractivity contribution in [1.29, 1.82) is 0 Å². The van der Waals surface area contributed by atoms with Crippen molar-refractivity contribution in [1.82, 2.24) is 0 Å². The van der Waals surface area contributed by atoms with Gasteiger partial charge in [0.1, 0.15) is 5.82 Å². The molecular formula is C24H24FN. The van der Waals surface area contributed by atoms with Crippen molar-refractivity contribution in [2.24, 2.45) is 5.92 Å². The van der Waals surface area contributed by atoms with E-state index < -0.39 is 0 Å². The van der Waals surface area contributed by atoms with Crippen molar-refractivity contribution in [3.8, 4) is 0 Å². The van der Waals surface area contributed by atoms with Gasteiger partial charge in [-0.05, 0) is 47.1 Å². The van der Waals surface area contributed by atoms with Crippen LogP contribution in [0.5, 0.6) is 0 Å². The number of nitrogens with zero attached hydrogens (tertiary/aromatic N) is 1. The molecule has 1 saturated carbocycles. The fourth-order valence-corrected chi connectivity index (χ4v) is 3.62. The molecule has 0 heterocycles. The van der Waals surface area contributed by atoms with Crippen LogP contribution in [0.15, 0.2) is 78.9 Å². The van der Waals surface area contributed by atoms with E-state index in [9.17, 15) is 4.39 Å². The lowest BCUT2D eigenvalue weighted by Gasteiger charge is -2.26. The second kappa shape index (κ2) is 7.33. The van der Waals surface area contributed by atoms with Gasteiger partial charge in [0, 0.05) is 13.1 Å². The van der Waals surface area contributed by atoms with Crippen LogP contribution in [0.25, 0.3) is 0 Å². The Morgan fingerprint density at radius 3 is 1.88 bits per heavy atom. The van der Waals surface area contributed by atoms with Gasteiger partial charge in [0.2, 0.25) is 0 Å². The lowest BCUT2D eigenvalue weighted by molar-refractivity contribution is 0.614. The van der Waals surface area contributed by atoms with Gasteiger partial charge < -0.3 is 4.90 Å². The summed E-state index contributed by atoms with van der Waals surface area (Å²) in [6.07, 6.45) is 1.21. The fourth-order valence-electron chi connectivity index (χ4n) is 3.62. The van der Waals surface area contributed by atoms with Crippen LogP contribution in [-0.2, 0) is 13.1 Å². The van der Waals surface area contributed by atoms with E-state index in [1.807, 2.05) is 42.5 Å². The van der Waals surface area contributed by atoms with Crippen LogP contribution in [0.1, 0.15) is 36.0 Å². The van der Waals surface area contributed by atoms with Crippen molar-refractivity contribution >= 4 is 5.69 Å². The van der Waals surface area contributed by atoms with Crippen molar-refractivity contribution in [3.05, 3.63) is 101 Å². The Kier molecular flexibility index (Phi) is 4.75. The van der Waals surface area contributed by atoms with Crippen molar-refractivity contribution in [2.75, 3.05) is 4.90 Å². The van der Waals surface area contributed by atoms with E-state index in [0.29, 0.717) is 30.6 Å². The maximum absolute atomic E-state index is 14.8. The van der Waals surface area contributed by atoms with E-state index in [-0.39, 0.29) is 5.82 Å². The van der Waals surface area contributed by atoms with Gasteiger partial charge in [0.05, 0.1) is 5.69 Å². The minimum atomic E-state index is -0.145. The molecule has 0 spiro atoms. The lowest BCUT2D eigenvalue weighted by Crippen LogP contribution is -2.23. The van der Waals surface area contributed by atoms with E-state index >= 15 is 0 Å². The average molecular weight is 345 g/mol. The lowest BCUT2D eigenvalue weighted by atomic mass is 10.1. The first-order valence-electron chi connectivity index (χ1n) is 9.33. The van der Waals surface area contributed by atoms with Gasteiger partial charge in [-0.1, -0.05) is 73.7 Å². The van der Waals surface area contributed by atoms with Crippen molar-refractivity contribution in [3.63, 3.8) is 0 Å². The van der Waals surface area contributed by atoms with Crippen LogP contribution in [-0.4, -0.2) is 0 Å². The maximum Gasteiger partial charge on any atom is 0.146 e. The molecule has 2 heteroatoms. The molecule has 2 unspecified atom stereocenters. The zero-order valence-corrected chi connectivity index (χ0v) is 15.1. The fraction of sp³-hybridized carbons (Fsp3) is 0.250. The number of anilines is 1. The van der Waals surface area contributed by atoms with Gasteiger partial charge in [-0.15, -0.1) is 0 Å². The topological polar surface area (TPSA) is 3.24 Å². The third-order valence-corrected chi connectivity index (χ3v) is 5.28. The first-order chi connectivity index (χ1) is 12.7. The Morgan fingerprint density at radius 2 is 1.38 bits per heavy atom. The molecule has 0 saturated heterocycles. The van der Waals surface area contributed by atoms with E-state index in [1.165, 1.54) is 23.1 Å². The highest BCUT2D eigenvalue weighted by atomic mass is 19.1. The van der Waals surface area contributed by atoms with Gasteiger partial charge in [-0.3, -0.25) is 0 Å². The number of hydrogen-bond donors (Lipinski definition) is 0. The van der Waals surface area contributed by atoms with E-state index in [1.54, 1.807) is 6.07 Å². The minimum absolute atomic E-state index is 0.145. The molecule has 1 fully saturated rings. The van der Waals surface area contributed by atoms with Gasteiger partial charge in [0.25, 0.3) is 0 Å². The average Bonchev–Trinajstić information content (AvgIpc) is 3.40. The molecule has 26 heavy (non-hydrogen) atoms. The molecule has 0 bridgehead atoms. The third kappa shape index (κ3) is 3.80. The zero-order valence-electron chi connectivity index (χ0n) is 15.1. The Morgan fingerprint density at radius 1 is 0.846 bits per heavy atom. The first-order valence-corrected chi connectivity index (χ1v) is 9.33. The maximum atomic E-state index is 14.8. The normalized spacial score (nSPS) is 18.5. The SMILES string of the molecule is CC1CC1c1ccc(F)c(N(Cc2ccccc2)Cc2ccccc2)c1.